The van der Waals surface area contributed by atoms with Crippen LogP contribution in [-0.4, -0.2) is 19.9 Å². The maximum Gasteiger partial charge on any atom is 0.103 e. The van der Waals surface area contributed by atoms with Crippen molar-refractivity contribution in [2.45, 2.75) is 34.1 Å². The predicted octanol–water partition coefficient (Wildman–Crippen LogP) is 2.62. The molecule has 2 aromatic heterocycles. The first-order chi connectivity index (χ1) is 8.06. The van der Waals surface area contributed by atoms with Gasteiger partial charge in [0.25, 0.3) is 0 Å². The molecular weight excluding hydrogens is 212 g/mol. The highest BCUT2D eigenvalue weighted by atomic mass is 14.9. The van der Waals surface area contributed by atoms with Crippen LogP contribution in [0.5, 0.6) is 0 Å². The van der Waals surface area contributed by atoms with E-state index in [4.69, 9.17) is 0 Å². The van der Waals surface area contributed by atoms with Crippen molar-refractivity contribution in [3.63, 3.8) is 0 Å². The van der Waals surface area contributed by atoms with Gasteiger partial charge in [0.1, 0.15) is 11.6 Å². The van der Waals surface area contributed by atoms with Gasteiger partial charge in [-0.3, -0.25) is 0 Å². The molecule has 0 atom stereocenters. The fourth-order valence-electron chi connectivity index (χ4n) is 1.93. The number of hydrogen-bond acceptors (Lipinski definition) is 2. The molecule has 0 aromatic carbocycles. The van der Waals surface area contributed by atoms with E-state index in [-0.39, 0.29) is 0 Å². The van der Waals surface area contributed by atoms with E-state index >= 15 is 0 Å². The van der Waals surface area contributed by atoms with Gasteiger partial charge in [0.2, 0.25) is 0 Å². The van der Waals surface area contributed by atoms with Crippen LogP contribution in [0.15, 0.2) is 6.08 Å². The summed E-state index contributed by atoms with van der Waals surface area (Å²) < 4.78 is 0. The number of aromatic nitrogens is 4. The lowest BCUT2D eigenvalue weighted by Gasteiger charge is -1.91. The van der Waals surface area contributed by atoms with Crippen LogP contribution in [0.4, 0.5) is 0 Å². The van der Waals surface area contributed by atoms with E-state index in [1.54, 1.807) is 0 Å². The second kappa shape index (κ2) is 4.57. The molecule has 0 aliphatic heterocycles. The summed E-state index contributed by atoms with van der Waals surface area (Å²) in [5.41, 5.74) is 4.35. The highest BCUT2D eigenvalue weighted by molar-refractivity contribution is 5.48. The normalized spacial score (nSPS) is 11.5. The lowest BCUT2D eigenvalue weighted by Crippen LogP contribution is -1.85. The Kier molecular flexibility index (Phi) is 3.13. The Balaban J connectivity index is 2.07. The van der Waals surface area contributed by atoms with Crippen LogP contribution in [0.2, 0.25) is 0 Å². The van der Waals surface area contributed by atoms with Gasteiger partial charge in [0, 0.05) is 17.8 Å². The quantitative estimate of drug-likeness (QED) is 0.851. The van der Waals surface area contributed by atoms with Crippen molar-refractivity contribution in [3.8, 4) is 0 Å². The first-order valence-electron chi connectivity index (χ1n) is 5.78. The van der Waals surface area contributed by atoms with Gasteiger partial charge < -0.3 is 9.97 Å². The zero-order valence-corrected chi connectivity index (χ0v) is 10.8. The first kappa shape index (κ1) is 11.6. The van der Waals surface area contributed by atoms with E-state index < -0.39 is 0 Å². The topological polar surface area (TPSA) is 57.4 Å². The summed E-state index contributed by atoms with van der Waals surface area (Å²) in [4.78, 5) is 15.2. The molecule has 0 saturated heterocycles. The van der Waals surface area contributed by atoms with E-state index in [1.807, 2.05) is 33.8 Å². The standard InChI is InChI=1S/C13H18N4/c1-8-12(16-10(3)14-8)6-5-7-13-9(2)15-11(4)17-13/h5-6H,7H2,1-4H3,(H,14,16)(H,15,17)/b6-5+. The molecule has 0 unspecified atom stereocenters. The van der Waals surface area contributed by atoms with Crippen molar-refractivity contribution in [3.05, 3.63) is 40.5 Å². The number of nitrogens with zero attached hydrogens (tertiary/aromatic N) is 2. The van der Waals surface area contributed by atoms with E-state index in [0.717, 1.165) is 40.8 Å². The predicted molar refractivity (Wildman–Crippen MR) is 68.9 cm³/mol. The van der Waals surface area contributed by atoms with E-state index in [9.17, 15) is 0 Å². The number of H-pyrrole nitrogens is 2. The van der Waals surface area contributed by atoms with Gasteiger partial charge in [-0.1, -0.05) is 6.08 Å². The largest absolute Gasteiger partial charge is 0.346 e. The van der Waals surface area contributed by atoms with Crippen LogP contribution in [0.1, 0.15) is 34.4 Å². The van der Waals surface area contributed by atoms with Gasteiger partial charge in [0.05, 0.1) is 11.4 Å². The number of nitrogens with one attached hydrogen (secondary N) is 2. The van der Waals surface area contributed by atoms with Crippen LogP contribution in [0, 0.1) is 27.7 Å². The Bertz CT molecular complexity index is 546. The second-order valence-electron chi connectivity index (χ2n) is 4.33. The zero-order chi connectivity index (χ0) is 12.4. The third kappa shape index (κ3) is 2.64. The number of allylic oxidation sites excluding steroid dienone is 1. The minimum absolute atomic E-state index is 0.835. The Morgan fingerprint density at radius 1 is 0.941 bits per heavy atom. The molecule has 0 fully saturated rings. The Labute approximate surface area is 101 Å². The summed E-state index contributed by atoms with van der Waals surface area (Å²) in [6.07, 6.45) is 4.98. The van der Waals surface area contributed by atoms with Crippen LogP contribution in [-0.2, 0) is 6.42 Å². The SMILES string of the molecule is Cc1nc(/C=C/Cc2nc(C)[nH]c2C)c(C)[nH]1. The lowest BCUT2D eigenvalue weighted by molar-refractivity contribution is 1.09. The monoisotopic (exact) mass is 230 g/mol. The van der Waals surface area contributed by atoms with Gasteiger partial charge in [0.15, 0.2) is 0 Å². The molecule has 90 valence electrons. The molecule has 4 heteroatoms. The summed E-state index contributed by atoms with van der Waals surface area (Å²) in [7, 11) is 0. The van der Waals surface area contributed by atoms with Crippen molar-refractivity contribution in [2.24, 2.45) is 0 Å². The minimum atomic E-state index is 0.835. The minimum Gasteiger partial charge on any atom is -0.346 e. The Morgan fingerprint density at radius 3 is 2.12 bits per heavy atom. The molecule has 0 aliphatic rings. The average Bonchev–Trinajstić information content (AvgIpc) is 2.71. The first-order valence-corrected chi connectivity index (χ1v) is 5.78. The smallest absolute Gasteiger partial charge is 0.103 e. The molecular formula is C13H18N4. The fraction of sp³-hybridized carbons (Fsp3) is 0.385. The van der Waals surface area contributed by atoms with Crippen LogP contribution < -0.4 is 0 Å². The van der Waals surface area contributed by atoms with Crippen molar-refractivity contribution in [1.82, 2.24) is 19.9 Å². The van der Waals surface area contributed by atoms with Crippen molar-refractivity contribution >= 4 is 6.08 Å². The summed E-state index contributed by atoms with van der Waals surface area (Å²) in [5, 5.41) is 0. The van der Waals surface area contributed by atoms with Gasteiger partial charge in [-0.05, 0) is 33.8 Å². The molecule has 0 spiro atoms. The second-order valence-corrected chi connectivity index (χ2v) is 4.33. The van der Waals surface area contributed by atoms with Gasteiger partial charge in [-0.2, -0.15) is 0 Å². The van der Waals surface area contributed by atoms with Gasteiger partial charge in [-0.25, -0.2) is 9.97 Å². The molecule has 4 nitrogen and oxygen atoms in total. The highest BCUT2D eigenvalue weighted by Crippen LogP contribution is 2.09. The van der Waals surface area contributed by atoms with E-state index in [0.29, 0.717) is 0 Å². The molecule has 0 saturated carbocycles. The maximum absolute atomic E-state index is 4.43. The van der Waals surface area contributed by atoms with E-state index in [1.165, 1.54) is 0 Å². The molecule has 2 aromatic rings. The van der Waals surface area contributed by atoms with Crippen LogP contribution >= 0.6 is 0 Å². The van der Waals surface area contributed by atoms with Crippen molar-refractivity contribution in [2.75, 3.05) is 0 Å². The molecule has 0 bridgehead atoms. The summed E-state index contributed by atoms with van der Waals surface area (Å²) in [6, 6.07) is 0. The lowest BCUT2D eigenvalue weighted by atomic mass is 10.2. The molecule has 0 amide bonds. The molecule has 0 aliphatic carbocycles. The number of aryl methyl sites for hydroxylation is 4. The van der Waals surface area contributed by atoms with E-state index in [2.05, 4.69) is 26.0 Å². The average molecular weight is 230 g/mol. The van der Waals surface area contributed by atoms with Crippen molar-refractivity contribution in [1.29, 1.82) is 0 Å². The van der Waals surface area contributed by atoms with Crippen molar-refractivity contribution < 1.29 is 0 Å². The molecule has 2 rings (SSSR count). The number of imidazole rings is 2. The van der Waals surface area contributed by atoms with Gasteiger partial charge in [-0.15, -0.1) is 0 Å². The third-order valence-corrected chi connectivity index (χ3v) is 2.73. The van der Waals surface area contributed by atoms with Gasteiger partial charge >= 0.3 is 0 Å². The third-order valence-electron chi connectivity index (χ3n) is 2.73. The fourth-order valence-corrected chi connectivity index (χ4v) is 1.93. The summed E-state index contributed by atoms with van der Waals surface area (Å²) in [6.45, 7) is 8.02. The number of hydrogen-bond donors (Lipinski definition) is 2. The molecule has 2 N–H and O–H groups in total. The maximum atomic E-state index is 4.43. The Morgan fingerprint density at radius 2 is 1.59 bits per heavy atom. The zero-order valence-electron chi connectivity index (χ0n) is 10.8. The summed E-state index contributed by atoms with van der Waals surface area (Å²) in [5.74, 6) is 1.92. The summed E-state index contributed by atoms with van der Waals surface area (Å²) >= 11 is 0. The highest BCUT2D eigenvalue weighted by Gasteiger charge is 2.02. The van der Waals surface area contributed by atoms with Crippen LogP contribution in [0.25, 0.3) is 6.08 Å². The van der Waals surface area contributed by atoms with Crippen LogP contribution in [0.3, 0.4) is 0 Å². The number of aromatic amines is 2. The number of rotatable bonds is 3. The molecule has 2 heterocycles. The molecule has 0 radical (unpaired) electrons. The Hall–Kier alpha value is -1.84. The molecule has 17 heavy (non-hydrogen) atoms.